The zero-order chi connectivity index (χ0) is 18.9. The highest BCUT2D eigenvalue weighted by Gasteiger charge is 2.32. The molecule has 0 atom stereocenters. The van der Waals surface area contributed by atoms with E-state index in [1.165, 1.54) is 6.07 Å². The summed E-state index contributed by atoms with van der Waals surface area (Å²) >= 11 is 11.7. The van der Waals surface area contributed by atoms with Crippen LogP contribution in [-0.4, -0.2) is 17.4 Å². The monoisotopic (exact) mass is 403 g/mol. The minimum atomic E-state index is -4.85. The summed E-state index contributed by atoms with van der Waals surface area (Å²) in [5.41, 5.74) is 1.46. The molecule has 0 aliphatic carbocycles. The van der Waals surface area contributed by atoms with Crippen molar-refractivity contribution in [2.24, 2.45) is 0 Å². The second-order valence-electron chi connectivity index (χ2n) is 5.16. The van der Waals surface area contributed by atoms with Crippen molar-refractivity contribution >= 4 is 51.5 Å². The van der Waals surface area contributed by atoms with Crippen LogP contribution in [0.15, 0.2) is 42.6 Å². The van der Waals surface area contributed by atoms with E-state index in [9.17, 15) is 18.0 Å². The van der Waals surface area contributed by atoms with Gasteiger partial charge in [-0.1, -0.05) is 23.2 Å². The highest BCUT2D eigenvalue weighted by atomic mass is 35.5. The van der Waals surface area contributed by atoms with Crippen LogP contribution in [0.4, 0.5) is 29.3 Å². The van der Waals surface area contributed by atoms with Gasteiger partial charge in [0, 0.05) is 27.8 Å². The third-order valence-electron chi connectivity index (χ3n) is 3.31. The number of alkyl halides is 3. The number of amides is 2. The van der Waals surface area contributed by atoms with Gasteiger partial charge in [-0.2, -0.15) is 0 Å². The molecule has 10 heteroatoms. The standard InChI is InChI=1S/C16H10Cl2F3N3O2/c17-8-1-3-12-10(5-8)13(7-22-12)24-15(25)23-9-2-4-14(11(18)6-9)26-16(19,20)21/h1-7,22H,(H2,23,24,25). The molecular weight excluding hydrogens is 394 g/mol. The highest BCUT2D eigenvalue weighted by molar-refractivity contribution is 6.32. The van der Waals surface area contributed by atoms with Crippen LogP contribution in [0.5, 0.6) is 5.75 Å². The normalized spacial score (nSPS) is 11.4. The van der Waals surface area contributed by atoms with Crippen molar-refractivity contribution in [1.29, 1.82) is 0 Å². The van der Waals surface area contributed by atoms with E-state index < -0.39 is 18.1 Å². The first-order valence-electron chi connectivity index (χ1n) is 7.11. The second-order valence-corrected chi connectivity index (χ2v) is 6.01. The minimum absolute atomic E-state index is 0.194. The zero-order valence-electron chi connectivity index (χ0n) is 12.7. The van der Waals surface area contributed by atoms with Crippen LogP contribution < -0.4 is 15.4 Å². The van der Waals surface area contributed by atoms with Crippen molar-refractivity contribution in [2.45, 2.75) is 6.36 Å². The van der Waals surface area contributed by atoms with Crippen LogP contribution in [0, 0.1) is 0 Å². The van der Waals surface area contributed by atoms with Gasteiger partial charge in [-0.25, -0.2) is 4.79 Å². The van der Waals surface area contributed by atoms with Gasteiger partial charge in [0.25, 0.3) is 0 Å². The lowest BCUT2D eigenvalue weighted by Crippen LogP contribution is -2.19. The van der Waals surface area contributed by atoms with Gasteiger partial charge in [-0.15, -0.1) is 13.2 Å². The number of fused-ring (bicyclic) bond motifs is 1. The number of aromatic nitrogens is 1. The third-order valence-corrected chi connectivity index (χ3v) is 3.84. The Morgan fingerprint density at radius 3 is 2.54 bits per heavy atom. The summed E-state index contributed by atoms with van der Waals surface area (Å²) in [4.78, 5) is 15.1. The Morgan fingerprint density at radius 1 is 1.08 bits per heavy atom. The fraction of sp³-hybridized carbons (Fsp3) is 0.0625. The van der Waals surface area contributed by atoms with Crippen molar-refractivity contribution in [2.75, 3.05) is 10.6 Å². The predicted octanol–water partition coefficient (Wildman–Crippen LogP) is 6.02. The smallest absolute Gasteiger partial charge is 0.404 e. The van der Waals surface area contributed by atoms with Gasteiger partial charge in [0.2, 0.25) is 0 Å². The molecular formula is C16H10Cl2F3N3O2. The number of urea groups is 1. The predicted molar refractivity (Wildman–Crippen MR) is 94.1 cm³/mol. The molecule has 0 fully saturated rings. The Kier molecular flexibility index (Phi) is 4.88. The average molecular weight is 404 g/mol. The van der Waals surface area contributed by atoms with E-state index in [0.717, 1.165) is 17.6 Å². The molecule has 0 bridgehead atoms. The molecule has 0 saturated heterocycles. The molecule has 1 heterocycles. The molecule has 136 valence electrons. The van der Waals surface area contributed by atoms with Crippen molar-refractivity contribution in [3.05, 3.63) is 52.6 Å². The van der Waals surface area contributed by atoms with Gasteiger partial charge in [0.1, 0.15) is 5.75 Å². The van der Waals surface area contributed by atoms with Crippen LogP contribution in [-0.2, 0) is 0 Å². The van der Waals surface area contributed by atoms with Gasteiger partial charge < -0.3 is 20.4 Å². The maximum atomic E-state index is 12.2. The second kappa shape index (κ2) is 6.97. The molecule has 3 N–H and O–H groups in total. The molecule has 2 amide bonds. The molecule has 26 heavy (non-hydrogen) atoms. The number of anilines is 2. The number of aromatic amines is 1. The largest absolute Gasteiger partial charge is 0.573 e. The van der Waals surface area contributed by atoms with Gasteiger partial charge in [-0.05, 0) is 36.4 Å². The Morgan fingerprint density at radius 2 is 1.85 bits per heavy atom. The summed E-state index contributed by atoms with van der Waals surface area (Å²) in [5.74, 6) is -0.559. The summed E-state index contributed by atoms with van der Waals surface area (Å²) < 4.78 is 40.4. The van der Waals surface area contributed by atoms with Crippen LogP contribution in [0.2, 0.25) is 10.0 Å². The maximum absolute atomic E-state index is 12.2. The SMILES string of the molecule is O=C(Nc1ccc(OC(F)(F)F)c(Cl)c1)Nc1c[nH]c2ccc(Cl)cc12. The lowest BCUT2D eigenvalue weighted by atomic mass is 10.2. The number of ether oxygens (including phenoxy) is 1. The number of rotatable bonds is 3. The van der Waals surface area contributed by atoms with E-state index in [2.05, 4.69) is 20.4 Å². The molecule has 0 radical (unpaired) electrons. The number of halogens is 5. The summed E-state index contributed by atoms with van der Waals surface area (Å²) in [6, 6.07) is 7.94. The van der Waals surface area contributed by atoms with E-state index in [1.807, 2.05) is 0 Å². The molecule has 3 aromatic rings. The van der Waals surface area contributed by atoms with E-state index >= 15 is 0 Å². The highest BCUT2D eigenvalue weighted by Crippen LogP contribution is 2.32. The van der Waals surface area contributed by atoms with Crippen molar-refractivity contribution < 1.29 is 22.7 Å². The van der Waals surface area contributed by atoms with Crippen LogP contribution in [0.3, 0.4) is 0 Å². The zero-order valence-corrected chi connectivity index (χ0v) is 14.3. The summed E-state index contributed by atoms with van der Waals surface area (Å²) in [6.07, 6.45) is -3.26. The van der Waals surface area contributed by atoms with E-state index in [0.29, 0.717) is 16.1 Å². The lowest BCUT2D eigenvalue weighted by Gasteiger charge is -2.12. The average Bonchev–Trinajstić information content (AvgIpc) is 2.91. The summed E-state index contributed by atoms with van der Waals surface area (Å²) in [6.45, 7) is 0. The number of nitrogens with one attached hydrogen (secondary N) is 3. The first-order chi connectivity index (χ1) is 12.2. The molecule has 0 saturated carbocycles. The van der Waals surface area contributed by atoms with E-state index in [-0.39, 0.29) is 10.7 Å². The molecule has 0 spiro atoms. The topological polar surface area (TPSA) is 66.2 Å². The molecule has 5 nitrogen and oxygen atoms in total. The van der Waals surface area contributed by atoms with E-state index in [4.69, 9.17) is 23.2 Å². The number of hydrogen-bond acceptors (Lipinski definition) is 2. The van der Waals surface area contributed by atoms with Gasteiger partial charge in [0.05, 0.1) is 10.7 Å². The maximum Gasteiger partial charge on any atom is 0.573 e. The molecule has 1 aromatic heterocycles. The van der Waals surface area contributed by atoms with Crippen molar-refractivity contribution in [3.8, 4) is 5.75 Å². The summed E-state index contributed by atoms with van der Waals surface area (Å²) in [7, 11) is 0. The Balaban J connectivity index is 1.71. The number of carbonyl (C=O) groups excluding carboxylic acids is 1. The van der Waals surface area contributed by atoms with E-state index in [1.54, 1.807) is 24.4 Å². The Bertz CT molecular complexity index is 973. The fourth-order valence-corrected chi connectivity index (χ4v) is 2.66. The fourth-order valence-electron chi connectivity index (χ4n) is 2.27. The van der Waals surface area contributed by atoms with Crippen molar-refractivity contribution in [3.63, 3.8) is 0 Å². The Labute approximate surface area is 155 Å². The molecule has 0 aliphatic rings. The summed E-state index contributed by atoms with van der Waals surface area (Å²) in [5, 5.41) is 6.01. The third kappa shape index (κ3) is 4.33. The first kappa shape index (κ1) is 18.2. The lowest BCUT2D eigenvalue weighted by molar-refractivity contribution is -0.274. The Hall–Kier alpha value is -2.58. The number of hydrogen-bond donors (Lipinski definition) is 3. The van der Waals surface area contributed by atoms with Crippen LogP contribution in [0.1, 0.15) is 0 Å². The number of H-pyrrole nitrogens is 1. The van der Waals surface area contributed by atoms with Gasteiger partial charge in [-0.3, -0.25) is 0 Å². The number of carbonyl (C=O) groups is 1. The first-order valence-corrected chi connectivity index (χ1v) is 7.87. The number of benzene rings is 2. The molecule has 3 rings (SSSR count). The molecule has 0 unspecified atom stereocenters. The molecule has 0 aliphatic heterocycles. The van der Waals surface area contributed by atoms with Gasteiger partial charge >= 0.3 is 12.4 Å². The van der Waals surface area contributed by atoms with Crippen molar-refractivity contribution in [1.82, 2.24) is 4.98 Å². The van der Waals surface area contributed by atoms with Crippen LogP contribution >= 0.6 is 23.2 Å². The van der Waals surface area contributed by atoms with Crippen LogP contribution in [0.25, 0.3) is 10.9 Å². The van der Waals surface area contributed by atoms with Gasteiger partial charge in [0.15, 0.2) is 0 Å². The molecule has 2 aromatic carbocycles. The minimum Gasteiger partial charge on any atom is -0.404 e. The quantitative estimate of drug-likeness (QED) is 0.500.